The van der Waals surface area contributed by atoms with Gasteiger partial charge in [0.25, 0.3) is 0 Å². The highest BCUT2D eigenvalue weighted by Crippen LogP contribution is 2.17. The van der Waals surface area contributed by atoms with E-state index in [1.54, 1.807) is 11.9 Å². The lowest BCUT2D eigenvalue weighted by molar-refractivity contribution is -0.136. The van der Waals surface area contributed by atoms with Crippen molar-refractivity contribution < 1.29 is 9.59 Å². The van der Waals surface area contributed by atoms with E-state index in [2.05, 4.69) is 5.32 Å². The van der Waals surface area contributed by atoms with E-state index in [4.69, 9.17) is 5.73 Å². The van der Waals surface area contributed by atoms with Gasteiger partial charge in [0.15, 0.2) is 0 Å². The van der Waals surface area contributed by atoms with Crippen LogP contribution in [0.3, 0.4) is 0 Å². The molecule has 16 heavy (non-hydrogen) atoms. The van der Waals surface area contributed by atoms with Crippen LogP contribution in [0.15, 0.2) is 0 Å². The van der Waals surface area contributed by atoms with Crippen LogP contribution < -0.4 is 11.1 Å². The molecule has 3 N–H and O–H groups in total. The van der Waals surface area contributed by atoms with E-state index in [-0.39, 0.29) is 17.7 Å². The van der Waals surface area contributed by atoms with Gasteiger partial charge in [-0.25, -0.2) is 0 Å². The first-order chi connectivity index (χ1) is 7.60. The number of carbonyl (C=O) groups excluding carboxylic acids is 2. The molecule has 1 aliphatic heterocycles. The van der Waals surface area contributed by atoms with Crippen LogP contribution in [0.4, 0.5) is 0 Å². The van der Waals surface area contributed by atoms with Crippen LogP contribution in [0.5, 0.6) is 0 Å². The number of hydrogen-bond donors (Lipinski definition) is 2. The molecule has 1 saturated heterocycles. The number of nitrogens with zero attached hydrogens (tertiary/aromatic N) is 1. The number of rotatable bonds is 3. The summed E-state index contributed by atoms with van der Waals surface area (Å²) < 4.78 is 0. The van der Waals surface area contributed by atoms with Crippen molar-refractivity contribution in [3.63, 3.8) is 0 Å². The van der Waals surface area contributed by atoms with E-state index in [9.17, 15) is 9.59 Å². The molecule has 0 aliphatic carbocycles. The molecular weight excluding hydrogens is 206 g/mol. The quantitative estimate of drug-likeness (QED) is 0.695. The summed E-state index contributed by atoms with van der Waals surface area (Å²) in [6, 6.07) is -0.427. The van der Waals surface area contributed by atoms with E-state index in [1.165, 1.54) is 0 Å². The van der Waals surface area contributed by atoms with Crippen LogP contribution in [0.25, 0.3) is 0 Å². The third-order valence-electron chi connectivity index (χ3n) is 3.11. The van der Waals surface area contributed by atoms with Gasteiger partial charge in [-0.05, 0) is 19.3 Å². The van der Waals surface area contributed by atoms with E-state index in [0.29, 0.717) is 13.0 Å². The summed E-state index contributed by atoms with van der Waals surface area (Å²) in [6.45, 7) is 3.12. The number of nitrogens with one attached hydrogen (secondary N) is 1. The van der Waals surface area contributed by atoms with Crippen molar-refractivity contribution in [2.45, 2.75) is 32.2 Å². The Hall–Kier alpha value is -1.10. The predicted molar refractivity (Wildman–Crippen MR) is 61.6 cm³/mol. The zero-order valence-corrected chi connectivity index (χ0v) is 10.0. The van der Waals surface area contributed by atoms with E-state index in [0.717, 1.165) is 19.4 Å². The van der Waals surface area contributed by atoms with Crippen LogP contribution in [0, 0.1) is 5.92 Å². The zero-order chi connectivity index (χ0) is 12.1. The van der Waals surface area contributed by atoms with Gasteiger partial charge in [-0.3, -0.25) is 9.59 Å². The number of carbonyl (C=O) groups is 2. The standard InChI is InChI=1S/C11H21N3O2/c1-3-9(12)11(16)14-6-4-5-8(7-14)10(15)13-2/h8-9H,3-7,12H2,1-2H3,(H,13,15). The zero-order valence-electron chi connectivity index (χ0n) is 10.0. The van der Waals surface area contributed by atoms with Gasteiger partial charge in [-0.1, -0.05) is 6.92 Å². The minimum Gasteiger partial charge on any atom is -0.359 e. The van der Waals surface area contributed by atoms with Crippen LogP contribution in [0.1, 0.15) is 26.2 Å². The molecule has 1 heterocycles. The highest BCUT2D eigenvalue weighted by Gasteiger charge is 2.29. The van der Waals surface area contributed by atoms with Crippen molar-refractivity contribution in [3.05, 3.63) is 0 Å². The molecule has 0 aromatic carbocycles. The molecule has 2 atom stereocenters. The monoisotopic (exact) mass is 227 g/mol. The van der Waals surface area contributed by atoms with Crippen molar-refractivity contribution in [2.24, 2.45) is 11.7 Å². The Bertz CT molecular complexity index is 268. The molecule has 1 aliphatic rings. The molecule has 5 heteroatoms. The fraction of sp³-hybridized carbons (Fsp3) is 0.818. The van der Waals surface area contributed by atoms with E-state index >= 15 is 0 Å². The smallest absolute Gasteiger partial charge is 0.239 e. The average Bonchev–Trinajstić information content (AvgIpc) is 2.36. The number of nitrogens with two attached hydrogens (primary N) is 1. The molecule has 2 amide bonds. The van der Waals surface area contributed by atoms with Crippen LogP contribution in [-0.4, -0.2) is 42.9 Å². The lowest BCUT2D eigenvalue weighted by Crippen LogP contribution is -2.50. The SMILES string of the molecule is CCC(N)C(=O)N1CCCC(C(=O)NC)C1. The molecule has 0 spiro atoms. The Morgan fingerprint density at radius 1 is 1.56 bits per heavy atom. The molecule has 0 saturated carbocycles. The molecular formula is C11H21N3O2. The van der Waals surface area contributed by atoms with Crippen LogP contribution in [0.2, 0.25) is 0 Å². The topological polar surface area (TPSA) is 75.4 Å². The average molecular weight is 227 g/mol. The van der Waals surface area contributed by atoms with E-state index in [1.807, 2.05) is 6.92 Å². The second kappa shape index (κ2) is 5.84. The molecule has 0 aromatic heterocycles. The highest BCUT2D eigenvalue weighted by molar-refractivity contribution is 5.83. The van der Waals surface area contributed by atoms with Gasteiger partial charge < -0.3 is 16.0 Å². The second-order valence-electron chi connectivity index (χ2n) is 4.25. The summed E-state index contributed by atoms with van der Waals surface area (Å²) in [7, 11) is 1.63. The molecule has 2 unspecified atom stereocenters. The van der Waals surface area contributed by atoms with Gasteiger partial charge in [-0.2, -0.15) is 0 Å². The minimum atomic E-state index is -0.427. The summed E-state index contributed by atoms with van der Waals surface area (Å²) in [5.74, 6) is -0.0922. The predicted octanol–water partition coefficient (Wildman–Crippen LogP) is -0.292. The minimum absolute atomic E-state index is 0.0163. The van der Waals surface area contributed by atoms with Gasteiger partial charge in [0.05, 0.1) is 12.0 Å². The lowest BCUT2D eigenvalue weighted by Gasteiger charge is -2.33. The first-order valence-electron chi connectivity index (χ1n) is 5.86. The first-order valence-corrected chi connectivity index (χ1v) is 5.86. The lowest BCUT2D eigenvalue weighted by atomic mass is 9.96. The Labute approximate surface area is 96.4 Å². The molecule has 92 valence electrons. The van der Waals surface area contributed by atoms with Crippen molar-refractivity contribution in [1.82, 2.24) is 10.2 Å². The number of likely N-dealkylation sites (tertiary alicyclic amines) is 1. The van der Waals surface area contributed by atoms with Crippen molar-refractivity contribution in [1.29, 1.82) is 0 Å². The van der Waals surface area contributed by atoms with Gasteiger partial charge >= 0.3 is 0 Å². The molecule has 0 radical (unpaired) electrons. The Kier molecular flexibility index (Phi) is 4.73. The Balaban J connectivity index is 2.56. The summed E-state index contributed by atoms with van der Waals surface area (Å²) in [6.07, 6.45) is 2.37. The fourth-order valence-electron chi connectivity index (χ4n) is 2.00. The van der Waals surface area contributed by atoms with Crippen molar-refractivity contribution in [3.8, 4) is 0 Å². The third kappa shape index (κ3) is 2.95. The summed E-state index contributed by atoms with van der Waals surface area (Å²) in [5.41, 5.74) is 5.71. The van der Waals surface area contributed by atoms with E-state index < -0.39 is 6.04 Å². The molecule has 5 nitrogen and oxygen atoms in total. The maximum absolute atomic E-state index is 11.9. The maximum atomic E-state index is 11.9. The third-order valence-corrected chi connectivity index (χ3v) is 3.11. The van der Waals surface area contributed by atoms with Crippen LogP contribution in [-0.2, 0) is 9.59 Å². The number of hydrogen-bond acceptors (Lipinski definition) is 3. The van der Waals surface area contributed by atoms with Gasteiger partial charge in [0, 0.05) is 20.1 Å². The summed E-state index contributed by atoms with van der Waals surface area (Å²) >= 11 is 0. The number of piperidine rings is 1. The first kappa shape index (κ1) is 13.0. The van der Waals surface area contributed by atoms with Gasteiger partial charge in [0.1, 0.15) is 0 Å². The maximum Gasteiger partial charge on any atom is 0.239 e. The van der Waals surface area contributed by atoms with Gasteiger partial charge in [-0.15, -0.1) is 0 Å². The molecule has 0 aromatic rings. The highest BCUT2D eigenvalue weighted by atomic mass is 16.2. The second-order valence-corrected chi connectivity index (χ2v) is 4.25. The Morgan fingerprint density at radius 2 is 2.25 bits per heavy atom. The van der Waals surface area contributed by atoms with Crippen molar-refractivity contribution >= 4 is 11.8 Å². The Morgan fingerprint density at radius 3 is 2.81 bits per heavy atom. The number of amides is 2. The van der Waals surface area contributed by atoms with Crippen LogP contribution >= 0.6 is 0 Å². The molecule has 1 rings (SSSR count). The fourth-order valence-corrected chi connectivity index (χ4v) is 2.00. The summed E-state index contributed by atoms with van der Waals surface area (Å²) in [4.78, 5) is 25.1. The normalized spacial score (nSPS) is 22.7. The largest absolute Gasteiger partial charge is 0.359 e. The van der Waals surface area contributed by atoms with Crippen molar-refractivity contribution in [2.75, 3.05) is 20.1 Å². The molecule has 1 fully saturated rings. The molecule has 0 bridgehead atoms. The summed E-state index contributed by atoms with van der Waals surface area (Å²) in [5, 5.41) is 2.63. The van der Waals surface area contributed by atoms with Gasteiger partial charge in [0.2, 0.25) is 11.8 Å².